The molecular formula is C25H28N4O2. The lowest BCUT2D eigenvalue weighted by Gasteiger charge is -2.23. The summed E-state index contributed by atoms with van der Waals surface area (Å²) in [5.74, 6) is 0.634. The number of carbonyl (C=O) groups excluding carboxylic acids is 2. The number of ketones is 1. The molecule has 0 saturated carbocycles. The molecule has 1 heterocycles. The van der Waals surface area contributed by atoms with Crippen LogP contribution in [0, 0.1) is 17.2 Å². The van der Waals surface area contributed by atoms with Gasteiger partial charge >= 0.3 is 0 Å². The number of hydrogen-bond donors (Lipinski definition) is 1. The average molecular weight is 417 g/mol. The molecule has 0 aliphatic carbocycles. The molecule has 2 N–H and O–H groups in total. The Morgan fingerprint density at radius 3 is 2.10 bits per heavy atom. The number of nitrogens with two attached hydrogens (primary N) is 1. The Labute approximate surface area is 183 Å². The summed E-state index contributed by atoms with van der Waals surface area (Å²) in [4.78, 5) is 31.2. The van der Waals surface area contributed by atoms with E-state index in [9.17, 15) is 9.59 Å². The van der Waals surface area contributed by atoms with E-state index >= 15 is 0 Å². The van der Waals surface area contributed by atoms with Gasteiger partial charge in [0, 0.05) is 12.8 Å². The summed E-state index contributed by atoms with van der Waals surface area (Å²) in [5.41, 5.74) is 8.58. The van der Waals surface area contributed by atoms with Gasteiger partial charge in [0.05, 0.1) is 18.2 Å². The molecule has 0 spiro atoms. The highest BCUT2D eigenvalue weighted by Gasteiger charge is 2.43. The smallest absolute Gasteiger partial charge is 0.257 e. The predicted octanol–water partition coefficient (Wildman–Crippen LogP) is 3.37. The van der Waals surface area contributed by atoms with E-state index in [4.69, 9.17) is 11.0 Å². The largest absolute Gasteiger partial charge is 0.369 e. The van der Waals surface area contributed by atoms with Crippen molar-refractivity contribution in [2.45, 2.75) is 52.1 Å². The van der Waals surface area contributed by atoms with E-state index < -0.39 is 5.54 Å². The minimum atomic E-state index is -0.796. The fourth-order valence-corrected chi connectivity index (χ4v) is 4.00. The second-order valence-electron chi connectivity index (χ2n) is 8.75. The topological polar surface area (TPSA) is 99.5 Å². The summed E-state index contributed by atoms with van der Waals surface area (Å²) >= 11 is 0. The van der Waals surface area contributed by atoms with E-state index in [0.29, 0.717) is 37.3 Å². The Balaban J connectivity index is 1.59. The van der Waals surface area contributed by atoms with Gasteiger partial charge in [0.25, 0.3) is 5.91 Å². The summed E-state index contributed by atoms with van der Waals surface area (Å²) in [6, 6.07) is 16.8. The van der Waals surface area contributed by atoms with Gasteiger partial charge in [-0.1, -0.05) is 50.2 Å². The van der Waals surface area contributed by atoms with Gasteiger partial charge in [0.2, 0.25) is 0 Å². The maximum absolute atomic E-state index is 12.9. The van der Waals surface area contributed by atoms with Crippen molar-refractivity contribution in [2.24, 2.45) is 16.6 Å². The standard InChI is InChI=1S/C25H28N4O2/c1-17(2)14-25(3)23(31)29(24(27)28-25)16-21-10-6-19(7-11-21)13-22(30)12-18-4-8-20(15-26)9-5-18/h4-11,17H,12-14,16H2,1-3H3,(H2,27,28). The zero-order chi connectivity index (χ0) is 22.6. The van der Waals surface area contributed by atoms with E-state index in [1.165, 1.54) is 4.90 Å². The Hall–Kier alpha value is -3.46. The molecule has 160 valence electrons. The molecule has 6 nitrogen and oxygen atoms in total. The van der Waals surface area contributed by atoms with Crippen molar-refractivity contribution in [1.29, 1.82) is 5.26 Å². The minimum Gasteiger partial charge on any atom is -0.369 e. The van der Waals surface area contributed by atoms with Crippen LogP contribution in [0.4, 0.5) is 0 Å². The summed E-state index contributed by atoms with van der Waals surface area (Å²) in [6.07, 6.45) is 1.32. The monoisotopic (exact) mass is 416 g/mol. The molecule has 0 aromatic heterocycles. The van der Waals surface area contributed by atoms with Crippen LogP contribution in [0.15, 0.2) is 53.5 Å². The van der Waals surface area contributed by atoms with Gasteiger partial charge < -0.3 is 5.73 Å². The molecule has 1 amide bonds. The zero-order valence-corrected chi connectivity index (χ0v) is 18.3. The number of rotatable bonds is 8. The second-order valence-corrected chi connectivity index (χ2v) is 8.75. The molecule has 1 unspecified atom stereocenters. The average Bonchev–Trinajstić information content (AvgIpc) is 2.92. The maximum Gasteiger partial charge on any atom is 0.257 e. The first-order chi connectivity index (χ1) is 14.7. The zero-order valence-electron chi connectivity index (χ0n) is 18.3. The number of aliphatic imine (C=N–C) groups is 1. The van der Waals surface area contributed by atoms with E-state index in [0.717, 1.165) is 16.7 Å². The minimum absolute atomic E-state index is 0.0691. The molecular weight excluding hydrogens is 388 g/mol. The number of carbonyl (C=O) groups is 2. The van der Waals surface area contributed by atoms with Gasteiger partial charge in [0.15, 0.2) is 5.96 Å². The first-order valence-corrected chi connectivity index (χ1v) is 10.5. The lowest BCUT2D eigenvalue weighted by atomic mass is 9.91. The molecule has 1 aliphatic rings. The van der Waals surface area contributed by atoms with Crippen molar-refractivity contribution in [3.05, 3.63) is 70.8 Å². The lowest BCUT2D eigenvalue weighted by molar-refractivity contribution is -0.131. The number of amides is 1. The van der Waals surface area contributed by atoms with Crippen LogP contribution in [0.1, 0.15) is 49.4 Å². The highest BCUT2D eigenvalue weighted by molar-refractivity contribution is 6.06. The third-order valence-corrected chi connectivity index (χ3v) is 5.40. The first kappa shape index (κ1) is 22.2. The Bertz CT molecular complexity index is 1030. The van der Waals surface area contributed by atoms with E-state index in [2.05, 4.69) is 24.9 Å². The van der Waals surface area contributed by atoms with Crippen LogP contribution >= 0.6 is 0 Å². The van der Waals surface area contributed by atoms with Crippen molar-refractivity contribution >= 4 is 17.6 Å². The van der Waals surface area contributed by atoms with Gasteiger partial charge in [-0.25, -0.2) is 4.99 Å². The number of guanidine groups is 1. The van der Waals surface area contributed by atoms with Crippen molar-refractivity contribution in [3.8, 4) is 6.07 Å². The van der Waals surface area contributed by atoms with E-state index in [-0.39, 0.29) is 17.6 Å². The Morgan fingerprint density at radius 2 is 1.58 bits per heavy atom. The third-order valence-electron chi connectivity index (χ3n) is 5.40. The van der Waals surface area contributed by atoms with Crippen LogP contribution in [0.3, 0.4) is 0 Å². The van der Waals surface area contributed by atoms with E-state index in [1.807, 2.05) is 43.3 Å². The van der Waals surface area contributed by atoms with Crippen molar-refractivity contribution in [1.82, 2.24) is 4.90 Å². The molecule has 0 saturated heterocycles. The van der Waals surface area contributed by atoms with Gasteiger partial charge in [0.1, 0.15) is 11.3 Å². The van der Waals surface area contributed by atoms with Gasteiger partial charge in [-0.2, -0.15) is 5.26 Å². The lowest BCUT2D eigenvalue weighted by Crippen LogP contribution is -2.43. The van der Waals surface area contributed by atoms with Crippen molar-refractivity contribution in [3.63, 3.8) is 0 Å². The second kappa shape index (κ2) is 9.13. The number of hydrogen-bond acceptors (Lipinski definition) is 5. The molecule has 0 bridgehead atoms. The van der Waals surface area contributed by atoms with Crippen LogP contribution in [0.5, 0.6) is 0 Å². The van der Waals surface area contributed by atoms with Gasteiger partial charge in [-0.05, 0) is 48.1 Å². The highest BCUT2D eigenvalue weighted by atomic mass is 16.2. The molecule has 2 aromatic rings. The molecule has 1 aliphatic heterocycles. The summed E-state index contributed by atoms with van der Waals surface area (Å²) in [5, 5.41) is 8.85. The summed E-state index contributed by atoms with van der Waals surface area (Å²) < 4.78 is 0. The van der Waals surface area contributed by atoms with Crippen LogP contribution in [-0.4, -0.2) is 28.1 Å². The molecule has 6 heteroatoms. The number of benzene rings is 2. The molecule has 0 radical (unpaired) electrons. The normalized spacial score (nSPS) is 18.2. The van der Waals surface area contributed by atoms with Crippen LogP contribution in [0.2, 0.25) is 0 Å². The highest BCUT2D eigenvalue weighted by Crippen LogP contribution is 2.29. The molecule has 2 aromatic carbocycles. The summed E-state index contributed by atoms with van der Waals surface area (Å²) in [6.45, 7) is 6.33. The molecule has 3 rings (SSSR count). The van der Waals surface area contributed by atoms with Crippen molar-refractivity contribution < 1.29 is 9.59 Å². The SMILES string of the molecule is CC(C)CC1(C)N=C(N)N(Cc2ccc(CC(=O)Cc3ccc(C#N)cc3)cc2)C1=O. The molecule has 1 atom stereocenters. The predicted molar refractivity (Wildman–Crippen MR) is 120 cm³/mol. The van der Waals surface area contributed by atoms with Crippen LogP contribution in [0.25, 0.3) is 0 Å². The number of nitriles is 1. The van der Waals surface area contributed by atoms with Crippen LogP contribution in [-0.2, 0) is 29.0 Å². The maximum atomic E-state index is 12.9. The number of nitrogens with zero attached hydrogens (tertiary/aromatic N) is 3. The summed E-state index contributed by atoms with van der Waals surface area (Å²) in [7, 11) is 0. The Kier molecular flexibility index (Phi) is 6.55. The third kappa shape index (κ3) is 5.37. The Morgan fingerprint density at radius 1 is 1.06 bits per heavy atom. The van der Waals surface area contributed by atoms with Crippen LogP contribution < -0.4 is 5.73 Å². The van der Waals surface area contributed by atoms with Gasteiger partial charge in [-0.3, -0.25) is 14.5 Å². The van der Waals surface area contributed by atoms with Crippen molar-refractivity contribution in [2.75, 3.05) is 0 Å². The molecule has 31 heavy (non-hydrogen) atoms. The molecule has 0 fully saturated rings. The fourth-order valence-electron chi connectivity index (χ4n) is 4.00. The fraction of sp³-hybridized carbons (Fsp3) is 0.360. The van der Waals surface area contributed by atoms with Gasteiger partial charge in [-0.15, -0.1) is 0 Å². The first-order valence-electron chi connectivity index (χ1n) is 10.5. The quantitative estimate of drug-likeness (QED) is 0.713. The number of Topliss-reactive ketones (excluding diaryl/α,β-unsaturated/α-hetero) is 1. The van der Waals surface area contributed by atoms with E-state index in [1.54, 1.807) is 12.1 Å².